The minimum atomic E-state index is -0.00861. The number of amides is 1. The van der Waals surface area contributed by atoms with E-state index < -0.39 is 0 Å². The van der Waals surface area contributed by atoms with Crippen LogP contribution in [0.3, 0.4) is 0 Å². The van der Waals surface area contributed by atoms with Crippen molar-refractivity contribution in [3.05, 3.63) is 23.9 Å². The molecule has 0 radical (unpaired) electrons. The molecule has 1 heterocycles. The van der Waals surface area contributed by atoms with E-state index in [2.05, 4.69) is 22.5 Å². The van der Waals surface area contributed by atoms with Gasteiger partial charge >= 0.3 is 0 Å². The quantitative estimate of drug-likeness (QED) is 0.836. The molecule has 0 aromatic carbocycles. The minimum Gasteiger partial charge on any atom is -0.370 e. The number of hydrogen-bond acceptors (Lipinski definition) is 3. The number of carbonyl (C=O) groups is 1. The Balaban J connectivity index is 1.55. The van der Waals surface area contributed by atoms with Crippen LogP contribution in [0, 0.1) is 5.41 Å². The highest BCUT2D eigenvalue weighted by molar-refractivity contribution is 5.94. The smallest absolute Gasteiger partial charge is 0.253 e. The molecule has 2 saturated carbocycles. The van der Waals surface area contributed by atoms with E-state index in [9.17, 15) is 4.79 Å². The van der Waals surface area contributed by atoms with E-state index in [1.807, 2.05) is 12.1 Å². The molecule has 0 spiro atoms. The standard InChI is InChI=1S/C14H19N3O/c1-14(6-7-14)9-16-12-5-2-10(8-15-12)13(18)17-11-3-4-11/h2,5,8,11H,3-4,6-7,9H2,1H3,(H,15,16)(H,17,18). The van der Waals surface area contributed by atoms with Crippen LogP contribution in [-0.4, -0.2) is 23.5 Å². The topological polar surface area (TPSA) is 54.0 Å². The predicted molar refractivity (Wildman–Crippen MR) is 70.6 cm³/mol. The zero-order valence-electron chi connectivity index (χ0n) is 10.7. The third-order valence-corrected chi connectivity index (χ3v) is 3.74. The van der Waals surface area contributed by atoms with Crippen LogP contribution in [0.15, 0.2) is 18.3 Å². The Morgan fingerprint density at radius 2 is 2.22 bits per heavy atom. The van der Waals surface area contributed by atoms with Crippen LogP contribution in [0.4, 0.5) is 5.82 Å². The molecule has 2 aliphatic carbocycles. The van der Waals surface area contributed by atoms with Crippen molar-refractivity contribution >= 4 is 11.7 Å². The van der Waals surface area contributed by atoms with Gasteiger partial charge in [-0.25, -0.2) is 4.98 Å². The molecule has 18 heavy (non-hydrogen) atoms. The van der Waals surface area contributed by atoms with Crippen molar-refractivity contribution in [2.75, 3.05) is 11.9 Å². The molecule has 0 unspecified atom stereocenters. The summed E-state index contributed by atoms with van der Waals surface area (Å²) in [6, 6.07) is 4.11. The van der Waals surface area contributed by atoms with E-state index in [0.717, 1.165) is 25.2 Å². The highest BCUT2D eigenvalue weighted by Gasteiger charge is 2.36. The molecule has 1 aromatic rings. The number of nitrogens with zero attached hydrogens (tertiary/aromatic N) is 1. The fourth-order valence-electron chi connectivity index (χ4n) is 1.82. The second-order valence-electron chi connectivity index (χ2n) is 5.84. The Morgan fingerprint density at radius 1 is 1.44 bits per heavy atom. The van der Waals surface area contributed by atoms with Gasteiger partial charge in [-0.05, 0) is 43.2 Å². The summed E-state index contributed by atoms with van der Waals surface area (Å²) < 4.78 is 0. The van der Waals surface area contributed by atoms with Gasteiger partial charge in [0.1, 0.15) is 5.82 Å². The summed E-state index contributed by atoms with van der Waals surface area (Å²) in [5, 5.41) is 6.28. The molecule has 0 bridgehead atoms. The Kier molecular flexibility index (Phi) is 2.73. The summed E-state index contributed by atoms with van der Waals surface area (Å²) in [6.45, 7) is 3.24. The number of aromatic nitrogens is 1. The zero-order chi connectivity index (χ0) is 12.6. The Labute approximate surface area is 107 Å². The van der Waals surface area contributed by atoms with E-state index in [4.69, 9.17) is 0 Å². The molecule has 4 nitrogen and oxygen atoms in total. The van der Waals surface area contributed by atoms with E-state index in [-0.39, 0.29) is 5.91 Å². The van der Waals surface area contributed by atoms with Crippen LogP contribution in [0.2, 0.25) is 0 Å². The fraction of sp³-hybridized carbons (Fsp3) is 0.571. The lowest BCUT2D eigenvalue weighted by atomic mass is 10.1. The van der Waals surface area contributed by atoms with Crippen LogP contribution in [0.25, 0.3) is 0 Å². The van der Waals surface area contributed by atoms with Crippen molar-refractivity contribution in [2.24, 2.45) is 5.41 Å². The van der Waals surface area contributed by atoms with Gasteiger partial charge < -0.3 is 10.6 Å². The maximum atomic E-state index is 11.8. The monoisotopic (exact) mass is 245 g/mol. The molecule has 0 saturated heterocycles. The predicted octanol–water partition coefficient (Wildman–Crippen LogP) is 2.19. The molecular formula is C14H19N3O. The zero-order valence-corrected chi connectivity index (χ0v) is 10.7. The SMILES string of the molecule is CC1(CNc2ccc(C(=O)NC3CC3)cn2)CC1. The lowest BCUT2D eigenvalue weighted by molar-refractivity contribution is 0.0951. The van der Waals surface area contributed by atoms with Crippen molar-refractivity contribution in [2.45, 2.75) is 38.6 Å². The lowest BCUT2D eigenvalue weighted by Gasteiger charge is -2.10. The summed E-state index contributed by atoms with van der Waals surface area (Å²) in [5.74, 6) is 0.844. The highest BCUT2D eigenvalue weighted by Crippen LogP contribution is 2.44. The summed E-state index contributed by atoms with van der Waals surface area (Å²) in [6.07, 6.45) is 6.45. The van der Waals surface area contributed by atoms with Gasteiger partial charge in [0.25, 0.3) is 5.91 Å². The molecule has 1 aromatic heterocycles. The maximum Gasteiger partial charge on any atom is 0.253 e. The summed E-state index contributed by atoms with van der Waals surface area (Å²) in [4.78, 5) is 16.0. The number of carbonyl (C=O) groups excluding carboxylic acids is 1. The van der Waals surface area contributed by atoms with Crippen molar-refractivity contribution in [1.82, 2.24) is 10.3 Å². The van der Waals surface area contributed by atoms with Gasteiger partial charge in [-0.2, -0.15) is 0 Å². The van der Waals surface area contributed by atoms with Crippen LogP contribution >= 0.6 is 0 Å². The average molecular weight is 245 g/mol. The number of pyridine rings is 1. The van der Waals surface area contributed by atoms with E-state index in [1.165, 1.54) is 12.8 Å². The Bertz CT molecular complexity index is 447. The molecule has 1 amide bonds. The molecule has 2 N–H and O–H groups in total. The van der Waals surface area contributed by atoms with Gasteiger partial charge in [0.15, 0.2) is 0 Å². The molecule has 3 rings (SSSR count). The molecule has 96 valence electrons. The molecule has 0 atom stereocenters. The number of hydrogen-bond donors (Lipinski definition) is 2. The first-order valence-corrected chi connectivity index (χ1v) is 6.65. The normalized spacial score (nSPS) is 20.3. The van der Waals surface area contributed by atoms with Crippen molar-refractivity contribution in [3.63, 3.8) is 0 Å². The van der Waals surface area contributed by atoms with Gasteiger partial charge in [0.05, 0.1) is 5.56 Å². The maximum absolute atomic E-state index is 11.8. The largest absolute Gasteiger partial charge is 0.370 e. The summed E-state index contributed by atoms with van der Waals surface area (Å²) >= 11 is 0. The van der Waals surface area contributed by atoms with Gasteiger partial charge in [-0.1, -0.05) is 6.92 Å². The minimum absolute atomic E-state index is 0.00861. The van der Waals surface area contributed by atoms with E-state index in [0.29, 0.717) is 17.0 Å². The average Bonchev–Trinajstić information content (AvgIpc) is 3.27. The number of rotatable bonds is 5. The third kappa shape index (κ3) is 2.81. The van der Waals surface area contributed by atoms with Gasteiger partial charge in [0, 0.05) is 18.8 Å². The van der Waals surface area contributed by atoms with Crippen LogP contribution in [0.1, 0.15) is 43.0 Å². The first-order valence-electron chi connectivity index (χ1n) is 6.65. The first-order chi connectivity index (χ1) is 8.65. The summed E-state index contributed by atoms with van der Waals surface area (Å²) in [7, 11) is 0. The second kappa shape index (κ2) is 4.26. The van der Waals surface area contributed by atoms with Crippen molar-refractivity contribution in [3.8, 4) is 0 Å². The fourth-order valence-corrected chi connectivity index (χ4v) is 1.82. The van der Waals surface area contributed by atoms with E-state index >= 15 is 0 Å². The molecule has 0 aliphatic heterocycles. The van der Waals surface area contributed by atoms with Crippen LogP contribution in [-0.2, 0) is 0 Å². The first kappa shape index (κ1) is 11.5. The highest BCUT2D eigenvalue weighted by atomic mass is 16.1. The van der Waals surface area contributed by atoms with Crippen molar-refractivity contribution < 1.29 is 4.79 Å². The molecule has 2 fully saturated rings. The van der Waals surface area contributed by atoms with Gasteiger partial charge in [-0.3, -0.25) is 4.79 Å². The number of nitrogens with one attached hydrogen (secondary N) is 2. The Morgan fingerprint density at radius 3 is 2.78 bits per heavy atom. The lowest BCUT2D eigenvalue weighted by Crippen LogP contribution is -2.25. The van der Waals surface area contributed by atoms with Crippen LogP contribution in [0.5, 0.6) is 0 Å². The molecule has 4 heteroatoms. The summed E-state index contributed by atoms with van der Waals surface area (Å²) in [5.41, 5.74) is 1.11. The second-order valence-corrected chi connectivity index (χ2v) is 5.84. The number of anilines is 1. The van der Waals surface area contributed by atoms with Crippen LogP contribution < -0.4 is 10.6 Å². The Hall–Kier alpha value is -1.58. The molecular weight excluding hydrogens is 226 g/mol. The van der Waals surface area contributed by atoms with E-state index in [1.54, 1.807) is 6.20 Å². The molecule has 2 aliphatic rings. The van der Waals surface area contributed by atoms with Gasteiger partial charge in [-0.15, -0.1) is 0 Å². The third-order valence-electron chi connectivity index (χ3n) is 3.74. The van der Waals surface area contributed by atoms with Crippen molar-refractivity contribution in [1.29, 1.82) is 0 Å². The van der Waals surface area contributed by atoms with Gasteiger partial charge in [0.2, 0.25) is 0 Å².